The van der Waals surface area contributed by atoms with Crippen LogP contribution in [0.3, 0.4) is 0 Å². The Morgan fingerprint density at radius 1 is 0.415 bits per heavy atom. The molecular formula is C36H22N4O. The van der Waals surface area contributed by atoms with Crippen molar-refractivity contribution < 1.29 is 4.42 Å². The Morgan fingerprint density at radius 3 is 1.63 bits per heavy atom. The highest BCUT2D eigenvalue weighted by atomic mass is 16.3. The average molecular weight is 527 g/mol. The number of pyridine rings is 1. The fraction of sp³-hybridized carbons (Fsp3) is 0. The van der Waals surface area contributed by atoms with E-state index in [0.717, 1.165) is 60.5 Å². The lowest BCUT2D eigenvalue weighted by atomic mass is 9.96. The van der Waals surface area contributed by atoms with Crippen LogP contribution in [0.4, 0.5) is 0 Å². The van der Waals surface area contributed by atoms with E-state index >= 15 is 0 Å². The monoisotopic (exact) mass is 526 g/mol. The summed E-state index contributed by atoms with van der Waals surface area (Å²) < 4.78 is 6.24. The van der Waals surface area contributed by atoms with Crippen molar-refractivity contribution in [2.45, 2.75) is 0 Å². The standard InChI is InChI=1S/C36H22N4O/c1-3-8-24(9-4-1)34-38-35(25-10-5-2-6-11-25)40-36(39-34)26-16-14-23(15-17-26)27-12-7-13-30-28(27)18-19-31-29-20-21-37-22-32(29)41-33(30)31/h1-22H. The zero-order valence-electron chi connectivity index (χ0n) is 21.9. The van der Waals surface area contributed by atoms with E-state index in [4.69, 9.17) is 19.4 Å². The summed E-state index contributed by atoms with van der Waals surface area (Å²) >= 11 is 0. The highest BCUT2D eigenvalue weighted by Gasteiger charge is 2.15. The second-order valence-corrected chi connectivity index (χ2v) is 9.93. The first-order valence-corrected chi connectivity index (χ1v) is 13.5. The number of rotatable bonds is 4. The number of benzene rings is 5. The molecule has 5 heteroatoms. The Hall–Kier alpha value is -5.68. The van der Waals surface area contributed by atoms with Crippen LogP contribution in [0.5, 0.6) is 0 Å². The molecule has 0 radical (unpaired) electrons. The molecule has 0 aliphatic heterocycles. The lowest BCUT2D eigenvalue weighted by Gasteiger charge is -2.10. The molecule has 41 heavy (non-hydrogen) atoms. The fourth-order valence-corrected chi connectivity index (χ4v) is 5.43. The molecule has 0 unspecified atom stereocenters. The van der Waals surface area contributed by atoms with Gasteiger partial charge in [0.15, 0.2) is 23.1 Å². The molecule has 3 aromatic heterocycles. The van der Waals surface area contributed by atoms with Crippen LogP contribution in [0.2, 0.25) is 0 Å². The zero-order valence-corrected chi connectivity index (χ0v) is 21.9. The largest absolute Gasteiger partial charge is 0.454 e. The molecule has 3 heterocycles. The molecule has 0 N–H and O–H groups in total. The van der Waals surface area contributed by atoms with Gasteiger partial charge in [0, 0.05) is 39.0 Å². The minimum atomic E-state index is 0.639. The predicted octanol–water partition coefficient (Wildman–Crippen LogP) is 8.99. The third-order valence-corrected chi connectivity index (χ3v) is 7.45. The second kappa shape index (κ2) is 9.50. The van der Waals surface area contributed by atoms with Gasteiger partial charge in [0.1, 0.15) is 5.58 Å². The molecule has 0 fully saturated rings. The van der Waals surface area contributed by atoms with Crippen LogP contribution in [0.25, 0.3) is 78.0 Å². The topological polar surface area (TPSA) is 64.7 Å². The van der Waals surface area contributed by atoms with Gasteiger partial charge in [0.2, 0.25) is 0 Å². The van der Waals surface area contributed by atoms with Gasteiger partial charge in [0.05, 0.1) is 6.20 Å². The predicted molar refractivity (Wildman–Crippen MR) is 164 cm³/mol. The first kappa shape index (κ1) is 23.2. The van der Waals surface area contributed by atoms with Gasteiger partial charge in [-0.25, -0.2) is 15.0 Å². The summed E-state index contributed by atoms with van der Waals surface area (Å²) in [6, 6.07) is 41.2. The lowest BCUT2D eigenvalue weighted by Crippen LogP contribution is -2.00. The number of furan rings is 1. The summed E-state index contributed by atoms with van der Waals surface area (Å²) in [5.74, 6) is 1.94. The Labute approximate surface area is 235 Å². The lowest BCUT2D eigenvalue weighted by molar-refractivity contribution is 0.670. The van der Waals surface area contributed by atoms with Crippen LogP contribution >= 0.6 is 0 Å². The molecule has 192 valence electrons. The quantitative estimate of drug-likeness (QED) is 0.229. The molecule has 0 aliphatic rings. The molecule has 0 aliphatic carbocycles. The average Bonchev–Trinajstić information content (AvgIpc) is 3.45. The maximum atomic E-state index is 6.24. The summed E-state index contributed by atoms with van der Waals surface area (Å²) in [7, 11) is 0. The van der Waals surface area contributed by atoms with Crippen molar-refractivity contribution in [3.8, 4) is 45.3 Å². The SMILES string of the molecule is c1ccc(-c2nc(-c3ccccc3)nc(-c3ccc(-c4cccc5c4ccc4c6ccncc6oc54)cc3)n2)cc1. The van der Waals surface area contributed by atoms with E-state index in [9.17, 15) is 0 Å². The van der Waals surface area contributed by atoms with E-state index in [0.29, 0.717) is 17.5 Å². The molecule has 0 amide bonds. The van der Waals surface area contributed by atoms with Crippen LogP contribution in [0, 0.1) is 0 Å². The Balaban J connectivity index is 1.23. The van der Waals surface area contributed by atoms with Crippen LogP contribution in [-0.4, -0.2) is 19.9 Å². The van der Waals surface area contributed by atoms with Gasteiger partial charge in [-0.05, 0) is 28.6 Å². The van der Waals surface area contributed by atoms with Gasteiger partial charge < -0.3 is 4.42 Å². The maximum Gasteiger partial charge on any atom is 0.164 e. The minimum absolute atomic E-state index is 0.639. The van der Waals surface area contributed by atoms with Crippen molar-refractivity contribution >= 4 is 32.7 Å². The molecular weight excluding hydrogens is 504 g/mol. The summed E-state index contributed by atoms with van der Waals surface area (Å²) in [4.78, 5) is 18.8. The van der Waals surface area contributed by atoms with Crippen LogP contribution in [0.1, 0.15) is 0 Å². The van der Waals surface area contributed by atoms with E-state index in [-0.39, 0.29) is 0 Å². The van der Waals surface area contributed by atoms with Gasteiger partial charge >= 0.3 is 0 Å². The summed E-state index contributed by atoms with van der Waals surface area (Å²) in [6.07, 6.45) is 3.58. The van der Waals surface area contributed by atoms with Crippen molar-refractivity contribution in [1.29, 1.82) is 0 Å². The molecule has 0 saturated carbocycles. The number of fused-ring (bicyclic) bond motifs is 5. The van der Waals surface area contributed by atoms with Gasteiger partial charge in [-0.15, -0.1) is 0 Å². The van der Waals surface area contributed by atoms with E-state index in [2.05, 4.69) is 59.6 Å². The normalized spacial score (nSPS) is 11.4. The summed E-state index contributed by atoms with van der Waals surface area (Å²) in [5.41, 5.74) is 6.76. The molecule has 0 spiro atoms. The second-order valence-electron chi connectivity index (χ2n) is 9.93. The molecule has 0 atom stereocenters. The van der Waals surface area contributed by atoms with E-state index in [1.54, 1.807) is 12.4 Å². The van der Waals surface area contributed by atoms with Gasteiger partial charge in [-0.1, -0.05) is 109 Å². The highest BCUT2D eigenvalue weighted by Crippen LogP contribution is 2.38. The Morgan fingerprint density at radius 2 is 0.976 bits per heavy atom. The van der Waals surface area contributed by atoms with E-state index in [1.807, 2.05) is 66.7 Å². The summed E-state index contributed by atoms with van der Waals surface area (Å²) in [6.45, 7) is 0. The molecule has 8 aromatic rings. The van der Waals surface area contributed by atoms with Gasteiger partial charge in [0.25, 0.3) is 0 Å². The fourth-order valence-electron chi connectivity index (χ4n) is 5.43. The molecule has 8 rings (SSSR count). The molecule has 5 aromatic carbocycles. The van der Waals surface area contributed by atoms with Crippen molar-refractivity contribution in [3.05, 3.63) is 134 Å². The van der Waals surface area contributed by atoms with Crippen LogP contribution < -0.4 is 0 Å². The molecule has 5 nitrogen and oxygen atoms in total. The van der Waals surface area contributed by atoms with Crippen LogP contribution in [0.15, 0.2) is 138 Å². The van der Waals surface area contributed by atoms with Gasteiger partial charge in [-0.2, -0.15) is 0 Å². The van der Waals surface area contributed by atoms with Crippen molar-refractivity contribution in [2.75, 3.05) is 0 Å². The third kappa shape index (κ3) is 4.03. The minimum Gasteiger partial charge on any atom is -0.454 e. The van der Waals surface area contributed by atoms with E-state index in [1.165, 1.54) is 0 Å². The van der Waals surface area contributed by atoms with Crippen molar-refractivity contribution in [1.82, 2.24) is 19.9 Å². The molecule has 0 saturated heterocycles. The first-order valence-electron chi connectivity index (χ1n) is 13.5. The number of hydrogen-bond acceptors (Lipinski definition) is 5. The molecule has 0 bridgehead atoms. The number of nitrogens with zero attached hydrogens (tertiary/aromatic N) is 4. The Bertz CT molecular complexity index is 2130. The van der Waals surface area contributed by atoms with Crippen molar-refractivity contribution in [3.63, 3.8) is 0 Å². The van der Waals surface area contributed by atoms with Crippen molar-refractivity contribution in [2.24, 2.45) is 0 Å². The summed E-state index contributed by atoms with van der Waals surface area (Å²) in [5, 5.41) is 4.39. The maximum absolute atomic E-state index is 6.24. The third-order valence-electron chi connectivity index (χ3n) is 7.45. The van der Waals surface area contributed by atoms with Gasteiger partial charge in [-0.3, -0.25) is 4.98 Å². The Kier molecular flexibility index (Phi) is 5.38. The first-order chi connectivity index (χ1) is 20.3. The smallest absolute Gasteiger partial charge is 0.164 e. The number of hydrogen-bond donors (Lipinski definition) is 0. The zero-order chi connectivity index (χ0) is 27.2. The number of aromatic nitrogens is 4. The van der Waals surface area contributed by atoms with E-state index < -0.39 is 0 Å². The van der Waals surface area contributed by atoms with Crippen LogP contribution in [-0.2, 0) is 0 Å². The highest BCUT2D eigenvalue weighted by molar-refractivity contribution is 6.17.